The molecule has 0 saturated carbocycles. The molecule has 2 fully saturated rings. The Bertz CT molecular complexity index is 251. The SMILES string of the molecule is CC1(C(=O)N2CCCC(O)C2)CCCS1. The summed E-state index contributed by atoms with van der Waals surface area (Å²) in [4.78, 5) is 14.1. The molecule has 86 valence electrons. The molecular weight excluding hydrogens is 210 g/mol. The highest BCUT2D eigenvalue weighted by Gasteiger charge is 2.40. The highest BCUT2D eigenvalue weighted by Crippen LogP contribution is 2.39. The van der Waals surface area contributed by atoms with E-state index in [2.05, 4.69) is 0 Å². The number of carbonyl (C=O) groups excluding carboxylic acids is 1. The van der Waals surface area contributed by atoms with Crippen LogP contribution >= 0.6 is 11.8 Å². The number of piperidine rings is 1. The van der Waals surface area contributed by atoms with Crippen molar-refractivity contribution < 1.29 is 9.90 Å². The predicted molar refractivity (Wildman–Crippen MR) is 61.9 cm³/mol. The Morgan fingerprint density at radius 3 is 2.93 bits per heavy atom. The third kappa shape index (κ3) is 2.31. The summed E-state index contributed by atoms with van der Waals surface area (Å²) in [5.41, 5.74) is 0. The molecule has 2 unspecified atom stereocenters. The lowest BCUT2D eigenvalue weighted by atomic mass is 10.0. The third-order valence-electron chi connectivity index (χ3n) is 3.35. The van der Waals surface area contributed by atoms with Gasteiger partial charge in [0.25, 0.3) is 0 Å². The van der Waals surface area contributed by atoms with Gasteiger partial charge in [-0.2, -0.15) is 0 Å². The number of aliphatic hydroxyl groups is 1. The first-order chi connectivity index (χ1) is 7.12. The van der Waals surface area contributed by atoms with Crippen LogP contribution < -0.4 is 0 Å². The van der Waals surface area contributed by atoms with Crippen LogP contribution in [0.25, 0.3) is 0 Å². The summed E-state index contributed by atoms with van der Waals surface area (Å²) in [6.45, 7) is 3.41. The number of hydrogen-bond acceptors (Lipinski definition) is 3. The number of hydrogen-bond donors (Lipinski definition) is 1. The Morgan fingerprint density at radius 1 is 1.53 bits per heavy atom. The molecule has 2 heterocycles. The third-order valence-corrected chi connectivity index (χ3v) is 4.86. The number of aliphatic hydroxyl groups excluding tert-OH is 1. The van der Waals surface area contributed by atoms with Gasteiger partial charge in [0.15, 0.2) is 0 Å². The minimum Gasteiger partial charge on any atom is -0.391 e. The van der Waals surface area contributed by atoms with Crippen molar-refractivity contribution in [2.24, 2.45) is 0 Å². The van der Waals surface area contributed by atoms with Gasteiger partial charge in [0.2, 0.25) is 5.91 Å². The predicted octanol–water partition coefficient (Wildman–Crippen LogP) is 1.26. The topological polar surface area (TPSA) is 40.5 Å². The van der Waals surface area contributed by atoms with Crippen LogP contribution in [0.3, 0.4) is 0 Å². The maximum absolute atomic E-state index is 12.3. The molecule has 1 N–H and O–H groups in total. The van der Waals surface area contributed by atoms with Gasteiger partial charge in [-0.15, -0.1) is 11.8 Å². The lowest BCUT2D eigenvalue weighted by Gasteiger charge is -2.35. The highest BCUT2D eigenvalue weighted by atomic mass is 32.2. The summed E-state index contributed by atoms with van der Waals surface area (Å²) in [5.74, 6) is 1.34. The molecule has 2 rings (SSSR count). The van der Waals surface area contributed by atoms with Crippen molar-refractivity contribution in [2.45, 2.75) is 43.5 Å². The van der Waals surface area contributed by atoms with Gasteiger partial charge in [-0.3, -0.25) is 4.79 Å². The molecular formula is C11H19NO2S. The number of carbonyl (C=O) groups is 1. The molecule has 0 aliphatic carbocycles. The maximum atomic E-state index is 12.3. The fourth-order valence-corrected chi connectivity index (χ4v) is 3.70. The van der Waals surface area contributed by atoms with Crippen LogP contribution in [-0.2, 0) is 4.79 Å². The average Bonchev–Trinajstić information content (AvgIpc) is 2.65. The molecule has 15 heavy (non-hydrogen) atoms. The lowest BCUT2D eigenvalue weighted by Crippen LogP contribution is -2.49. The van der Waals surface area contributed by atoms with E-state index in [1.807, 2.05) is 11.8 Å². The second-order valence-corrected chi connectivity index (χ2v) is 6.33. The standard InChI is InChI=1S/C11H19NO2S/c1-11(5-3-7-15-11)10(14)12-6-2-4-9(13)8-12/h9,13H,2-8H2,1H3. The van der Waals surface area contributed by atoms with Gasteiger partial charge in [0.05, 0.1) is 10.9 Å². The number of amides is 1. The van der Waals surface area contributed by atoms with Crippen LogP contribution in [0.1, 0.15) is 32.6 Å². The molecule has 0 aromatic heterocycles. The van der Waals surface area contributed by atoms with Crippen LogP contribution in [-0.4, -0.2) is 45.6 Å². The number of nitrogens with zero attached hydrogens (tertiary/aromatic N) is 1. The van der Waals surface area contributed by atoms with E-state index in [0.29, 0.717) is 6.54 Å². The molecule has 2 aliphatic rings. The maximum Gasteiger partial charge on any atom is 0.238 e. The van der Waals surface area contributed by atoms with E-state index in [4.69, 9.17) is 0 Å². The monoisotopic (exact) mass is 229 g/mol. The molecule has 1 amide bonds. The van der Waals surface area contributed by atoms with E-state index in [0.717, 1.165) is 38.0 Å². The van der Waals surface area contributed by atoms with Gasteiger partial charge >= 0.3 is 0 Å². The summed E-state index contributed by atoms with van der Waals surface area (Å²) < 4.78 is -0.211. The summed E-state index contributed by atoms with van der Waals surface area (Å²) in [7, 11) is 0. The largest absolute Gasteiger partial charge is 0.391 e. The highest BCUT2D eigenvalue weighted by molar-refractivity contribution is 8.01. The van der Waals surface area contributed by atoms with Crippen molar-refractivity contribution in [3.63, 3.8) is 0 Å². The van der Waals surface area contributed by atoms with Crippen LogP contribution in [0.4, 0.5) is 0 Å². The normalized spacial score (nSPS) is 36.9. The summed E-state index contributed by atoms with van der Waals surface area (Å²) in [6, 6.07) is 0. The molecule has 4 heteroatoms. The first kappa shape index (κ1) is 11.3. The van der Waals surface area contributed by atoms with Crippen molar-refractivity contribution in [2.75, 3.05) is 18.8 Å². The van der Waals surface area contributed by atoms with Crippen molar-refractivity contribution in [1.29, 1.82) is 0 Å². The Balaban J connectivity index is 2.00. The van der Waals surface area contributed by atoms with Gasteiger partial charge in [-0.1, -0.05) is 0 Å². The van der Waals surface area contributed by atoms with Crippen molar-refractivity contribution in [3.05, 3.63) is 0 Å². The first-order valence-corrected chi connectivity index (χ1v) is 6.72. The zero-order chi connectivity index (χ0) is 10.9. The van der Waals surface area contributed by atoms with Crippen molar-refractivity contribution in [3.8, 4) is 0 Å². The summed E-state index contributed by atoms with van der Waals surface area (Å²) >= 11 is 1.77. The van der Waals surface area contributed by atoms with E-state index in [-0.39, 0.29) is 16.8 Å². The number of thioether (sulfide) groups is 1. The van der Waals surface area contributed by atoms with Gasteiger partial charge < -0.3 is 10.0 Å². The lowest BCUT2D eigenvalue weighted by molar-refractivity contribution is -0.136. The van der Waals surface area contributed by atoms with Crippen molar-refractivity contribution >= 4 is 17.7 Å². The van der Waals surface area contributed by atoms with E-state index in [1.54, 1.807) is 11.8 Å². The average molecular weight is 229 g/mol. The van der Waals surface area contributed by atoms with Crippen LogP contribution in [0.15, 0.2) is 0 Å². The zero-order valence-corrected chi connectivity index (χ0v) is 10.1. The van der Waals surface area contributed by atoms with Gasteiger partial charge in [0.1, 0.15) is 0 Å². The van der Waals surface area contributed by atoms with E-state index < -0.39 is 0 Å². The van der Waals surface area contributed by atoms with Crippen LogP contribution in [0.2, 0.25) is 0 Å². The Morgan fingerprint density at radius 2 is 2.33 bits per heavy atom. The van der Waals surface area contributed by atoms with E-state index in [1.165, 1.54) is 0 Å². The molecule has 0 bridgehead atoms. The fourth-order valence-electron chi connectivity index (χ4n) is 2.42. The zero-order valence-electron chi connectivity index (χ0n) is 9.24. The number of β-amino-alcohol motifs (C(OH)–C–C–N with tert-alkyl or cyclic N) is 1. The number of rotatable bonds is 1. The minimum absolute atomic E-state index is 0.211. The second kappa shape index (κ2) is 4.34. The van der Waals surface area contributed by atoms with Gasteiger partial charge in [-0.25, -0.2) is 0 Å². The molecule has 2 saturated heterocycles. The van der Waals surface area contributed by atoms with E-state index in [9.17, 15) is 9.90 Å². The first-order valence-electron chi connectivity index (χ1n) is 5.73. The van der Waals surface area contributed by atoms with Crippen molar-refractivity contribution in [1.82, 2.24) is 4.90 Å². The summed E-state index contributed by atoms with van der Waals surface area (Å²) in [6.07, 6.45) is 3.60. The minimum atomic E-state index is -0.308. The fraction of sp³-hybridized carbons (Fsp3) is 0.909. The van der Waals surface area contributed by atoms with E-state index >= 15 is 0 Å². The molecule has 0 radical (unpaired) electrons. The Hall–Kier alpha value is -0.220. The quantitative estimate of drug-likeness (QED) is 0.736. The molecule has 2 aliphatic heterocycles. The molecule has 0 aromatic rings. The Labute approximate surface area is 95.2 Å². The molecule has 2 atom stereocenters. The van der Waals surface area contributed by atoms with Gasteiger partial charge in [0, 0.05) is 13.1 Å². The molecule has 0 spiro atoms. The Kier molecular flexibility index (Phi) is 3.26. The van der Waals surface area contributed by atoms with Crippen LogP contribution in [0.5, 0.6) is 0 Å². The second-order valence-electron chi connectivity index (χ2n) is 4.73. The molecule has 3 nitrogen and oxygen atoms in total. The summed E-state index contributed by atoms with van der Waals surface area (Å²) in [5, 5.41) is 9.55. The molecule has 0 aromatic carbocycles. The number of likely N-dealkylation sites (tertiary alicyclic amines) is 1. The smallest absolute Gasteiger partial charge is 0.238 e. The van der Waals surface area contributed by atoms with Crippen LogP contribution in [0, 0.1) is 0 Å². The van der Waals surface area contributed by atoms with Gasteiger partial charge in [-0.05, 0) is 38.4 Å².